The number of aryl methyl sites for hydroxylation is 1. The Morgan fingerprint density at radius 3 is 2.53 bits per heavy atom. The Bertz CT molecular complexity index is 1360. The highest BCUT2D eigenvalue weighted by Gasteiger charge is 2.24. The molecular formula is C16H12ClN5O7S. The molecule has 0 aliphatic heterocycles. The number of aromatic amines is 1. The van der Waals surface area contributed by atoms with Crippen molar-refractivity contribution in [1.82, 2.24) is 9.78 Å². The van der Waals surface area contributed by atoms with Crippen molar-refractivity contribution < 1.29 is 23.0 Å². The maximum Gasteiger partial charge on any atom is 0.314 e. The maximum atomic E-state index is 12.6. The zero-order valence-electron chi connectivity index (χ0n) is 15.0. The summed E-state index contributed by atoms with van der Waals surface area (Å²) in [7, 11) is -4.84. The van der Waals surface area contributed by atoms with Crippen molar-refractivity contribution in [3.05, 3.63) is 67.6 Å². The maximum absolute atomic E-state index is 12.6. The van der Waals surface area contributed by atoms with Crippen LogP contribution in [0.3, 0.4) is 0 Å². The van der Waals surface area contributed by atoms with Crippen LogP contribution in [0.4, 0.5) is 17.1 Å². The van der Waals surface area contributed by atoms with E-state index in [4.69, 9.17) is 16.2 Å². The number of hydrogen-bond donors (Lipinski definition) is 3. The minimum absolute atomic E-state index is 0.200. The molecule has 0 aliphatic carbocycles. The van der Waals surface area contributed by atoms with Crippen LogP contribution in [0.25, 0.3) is 5.69 Å². The van der Waals surface area contributed by atoms with Gasteiger partial charge >= 0.3 is 5.69 Å². The van der Waals surface area contributed by atoms with Crippen LogP contribution in [0.1, 0.15) is 5.69 Å². The van der Waals surface area contributed by atoms with E-state index in [1.54, 1.807) is 18.2 Å². The van der Waals surface area contributed by atoms with E-state index < -0.39 is 42.6 Å². The SMILES string of the molecule is Cc1[nH]n(-c2cccc(Cl)c2)c(=O)c1N=Nc1cc(S(=O)(=O)O)cc([N+](=O)[O-])c1O. The third kappa shape index (κ3) is 4.07. The van der Waals surface area contributed by atoms with E-state index >= 15 is 0 Å². The number of azo groups is 1. The van der Waals surface area contributed by atoms with Gasteiger partial charge in [-0.25, -0.2) is 4.68 Å². The van der Waals surface area contributed by atoms with Gasteiger partial charge in [0.05, 0.1) is 16.3 Å². The Morgan fingerprint density at radius 2 is 1.93 bits per heavy atom. The highest BCUT2D eigenvalue weighted by atomic mass is 35.5. The lowest BCUT2D eigenvalue weighted by atomic mass is 10.2. The van der Waals surface area contributed by atoms with Crippen molar-refractivity contribution in [2.45, 2.75) is 11.8 Å². The van der Waals surface area contributed by atoms with Crippen LogP contribution in [0, 0.1) is 17.0 Å². The van der Waals surface area contributed by atoms with Crippen molar-refractivity contribution >= 4 is 38.8 Å². The van der Waals surface area contributed by atoms with Gasteiger partial charge in [0.1, 0.15) is 10.6 Å². The number of nitro groups is 1. The number of phenolic OH excluding ortho intramolecular Hbond substituents is 1. The summed E-state index contributed by atoms with van der Waals surface area (Å²) in [5.74, 6) is -0.987. The molecule has 0 spiro atoms. The molecule has 3 aromatic rings. The van der Waals surface area contributed by atoms with Crippen LogP contribution in [-0.2, 0) is 10.1 Å². The first kappa shape index (κ1) is 21.2. The molecule has 0 radical (unpaired) electrons. The molecule has 30 heavy (non-hydrogen) atoms. The summed E-state index contributed by atoms with van der Waals surface area (Å²) in [6.07, 6.45) is 0. The van der Waals surface area contributed by atoms with Gasteiger partial charge < -0.3 is 5.11 Å². The Balaban J connectivity index is 2.12. The topological polar surface area (TPSA) is 180 Å². The van der Waals surface area contributed by atoms with Gasteiger partial charge in [0, 0.05) is 11.1 Å². The second kappa shape index (κ2) is 7.70. The van der Waals surface area contributed by atoms with E-state index in [1.165, 1.54) is 13.0 Å². The highest BCUT2D eigenvalue weighted by Crippen LogP contribution is 2.39. The van der Waals surface area contributed by atoms with Crippen LogP contribution >= 0.6 is 11.6 Å². The van der Waals surface area contributed by atoms with E-state index in [1.807, 2.05) is 0 Å². The summed E-state index contributed by atoms with van der Waals surface area (Å²) >= 11 is 5.92. The van der Waals surface area contributed by atoms with Gasteiger partial charge in [0.15, 0.2) is 5.69 Å². The summed E-state index contributed by atoms with van der Waals surface area (Å²) in [5, 5.41) is 31.5. The van der Waals surface area contributed by atoms with E-state index in [2.05, 4.69) is 15.3 Å². The number of hydrogen-bond acceptors (Lipinski definition) is 8. The fraction of sp³-hybridized carbons (Fsp3) is 0.0625. The average Bonchev–Trinajstić information content (AvgIpc) is 2.93. The monoisotopic (exact) mass is 453 g/mol. The van der Waals surface area contributed by atoms with Gasteiger partial charge in [-0.05, 0) is 31.2 Å². The summed E-state index contributed by atoms with van der Waals surface area (Å²) in [6.45, 7) is 1.51. The lowest BCUT2D eigenvalue weighted by Crippen LogP contribution is -2.13. The summed E-state index contributed by atoms with van der Waals surface area (Å²) in [4.78, 5) is 21.8. The number of nitrogens with zero attached hydrogens (tertiary/aromatic N) is 4. The quantitative estimate of drug-likeness (QED) is 0.229. The molecule has 0 saturated heterocycles. The molecule has 156 valence electrons. The normalized spacial score (nSPS) is 11.8. The number of phenols is 1. The molecular weight excluding hydrogens is 442 g/mol. The van der Waals surface area contributed by atoms with Gasteiger partial charge in [-0.2, -0.15) is 8.42 Å². The molecule has 0 aliphatic rings. The molecule has 2 aromatic carbocycles. The summed E-state index contributed by atoms with van der Waals surface area (Å²) in [5.41, 5.74) is -1.81. The number of aromatic hydroxyl groups is 1. The zero-order valence-corrected chi connectivity index (χ0v) is 16.5. The average molecular weight is 454 g/mol. The van der Waals surface area contributed by atoms with Crippen LogP contribution < -0.4 is 5.56 Å². The number of nitro benzene ring substituents is 1. The van der Waals surface area contributed by atoms with E-state index in [-0.39, 0.29) is 11.4 Å². The number of benzene rings is 2. The lowest BCUT2D eigenvalue weighted by molar-refractivity contribution is -0.386. The van der Waals surface area contributed by atoms with Crippen LogP contribution in [0.2, 0.25) is 5.02 Å². The van der Waals surface area contributed by atoms with Crippen LogP contribution in [0.5, 0.6) is 5.75 Å². The van der Waals surface area contributed by atoms with Gasteiger partial charge in [0.2, 0.25) is 5.75 Å². The molecule has 3 N–H and O–H groups in total. The number of H-pyrrole nitrogens is 1. The lowest BCUT2D eigenvalue weighted by Gasteiger charge is -2.02. The molecule has 0 bridgehead atoms. The minimum Gasteiger partial charge on any atom is -0.501 e. The van der Waals surface area contributed by atoms with E-state index in [0.717, 1.165) is 4.68 Å². The second-order valence-electron chi connectivity index (χ2n) is 5.95. The third-order valence-corrected chi connectivity index (χ3v) is 4.97. The van der Waals surface area contributed by atoms with Crippen molar-refractivity contribution in [3.8, 4) is 11.4 Å². The van der Waals surface area contributed by atoms with Crippen molar-refractivity contribution in [2.75, 3.05) is 0 Å². The number of aromatic nitrogens is 2. The molecule has 14 heteroatoms. The zero-order chi connectivity index (χ0) is 22.2. The first-order valence-corrected chi connectivity index (χ1v) is 9.79. The molecule has 0 unspecified atom stereocenters. The number of nitrogens with one attached hydrogen (secondary N) is 1. The van der Waals surface area contributed by atoms with Crippen LogP contribution in [0.15, 0.2) is 56.3 Å². The predicted molar refractivity (Wildman–Crippen MR) is 105 cm³/mol. The molecule has 0 fully saturated rings. The minimum atomic E-state index is -4.84. The van der Waals surface area contributed by atoms with Gasteiger partial charge in [-0.1, -0.05) is 17.7 Å². The van der Waals surface area contributed by atoms with Crippen LogP contribution in [-0.4, -0.2) is 32.8 Å². The number of rotatable bonds is 5. The van der Waals surface area contributed by atoms with Gasteiger partial charge in [-0.15, -0.1) is 10.2 Å². The first-order valence-electron chi connectivity index (χ1n) is 7.97. The molecule has 0 atom stereocenters. The van der Waals surface area contributed by atoms with Gasteiger partial charge in [-0.3, -0.25) is 24.6 Å². The van der Waals surface area contributed by atoms with Crippen molar-refractivity contribution in [1.29, 1.82) is 0 Å². The predicted octanol–water partition coefficient (Wildman–Crippen LogP) is 3.40. The molecule has 1 aromatic heterocycles. The molecule has 12 nitrogen and oxygen atoms in total. The highest BCUT2D eigenvalue weighted by molar-refractivity contribution is 7.85. The Hall–Kier alpha value is -3.55. The Morgan fingerprint density at radius 1 is 1.23 bits per heavy atom. The standard InChI is InChI=1S/C16H12ClN5O7S/c1-8-14(16(24)21(20-8)10-4-2-3-9(17)5-10)19-18-12-6-11(30(27,28)29)7-13(15(12)23)22(25)26/h2-7,20,23H,1H3,(H,27,28,29). The van der Waals surface area contributed by atoms with Gasteiger partial charge in [0.25, 0.3) is 15.7 Å². The molecule has 0 amide bonds. The summed E-state index contributed by atoms with van der Waals surface area (Å²) in [6, 6.07) is 7.51. The molecule has 3 rings (SSSR count). The van der Waals surface area contributed by atoms with E-state index in [9.17, 15) is 28.4 Å². The Labute approximate surface area is 173 Å². The van der Waals surface area contributed by atoms with Crippen molar-refractivity contribution in [3.63, 3.8) is 0 Å². The fourth-order valence-electron chi connectivity index (χ4n) is 2.50. The first-order chi connectivity index (χ1) is 14.0. The fourth-order valence-corrected chi connectivity index (χ4v) is 3.21. The Kier molecular flexibility index (Phi) is 5.43. The smallest absolute Gasteiger partial charge is 0.314 e. The molecule has 0 saturated carbocycles. The molecule has 1 heterocycles. The largest absolute Gasteiger partial charge is 0.501 e. The third-order valence-electron chi connectivity index (χ3n) is 3.90. The number of halogens is 1. The second-order valence-corrected chi connectivity index (χ2v) is 7.81. The van der Waals surface area contributed by atoms with E-state index in [0.29, 0.717) is 22.8 Å². The van der Waals surface area contributed by atoms with Crippen molar-refractivity contribution in [2.24, 2.45) is 10.2 Å². The summed E-state index contributed by atoms with van der Waals surface area (Å²) < 4.78 is 33.0.